The minimum Gasteiger partial charge on any atom is -0.265 e. The first-order valence-electron chi connectivity index (χ1n) is 49.5. The molecule has 0 bridgehead atoms. The number of rotatable bonds is 8. The number of benzene rings is 7. The van der Waals surface area contributed by atoms with Crippen molar-refractivity contribution >= 4 is 43.2 Å². The highest BCUT2D eigenvalue weighted by atomic mass is 15.1. The maximum atomic E-state index is 4.41. The summed E-state index contributed by atoms with van der Waals surface area (Å²) in [5, 5.41) is 16.9. The van der Waals surface area contributed by atoms with Crippen LogP contribution in [0.2, 0.25) is 0 Å². The summed E-state index contributed by atoms with van der Waals surface area (Å²) in [5.74, 6) is 5.51. The molecule has 14 rings (SSSR count). The molecule has 9 nitrogen and oxygen atoms in total. The summed E-state index contributed by atoms with van der Waals surface area (Å²) < 4.78 is 0. The van der Waals surface area contributed by atoms with E-state index in [-0.39, 0.29) is 10.8 Å². The minimum atomic E-state index is 0.119. The second-order valence-electron chi connectivity index (χ2n) is 31.3. The van der Waals surface area contributed by atoms with Crippen molar-refractivity contribution in [1.82, 2.24) is 45.1 Å². The molecule has 0 saturated carbocycles. The van der Waals surface area contributed by atoms with Crippen molar-refractivity contribution in [1.29, 1.82) is 0 Å². The summed E-state index contributed by atoms with van der Waals surface area (Å²) in [6, 6.07) is 81.7. The van der Waals surface area contributed by atoms with E-state index < -0.39 is 0 Å². The summed E-state index contributed by atoms with van der Waals surface area (Å²) in [6.07, 6.45) is 18.3. The van der Waals surface area contributed by atoms with Crippen molar-refractivity contribution in [2.24, 2.45) is 0 Å². The third-order valence-electron chi connectivity index (χ3n) is 17.5. The van der Waals surface area contributed by atoms with E-state index in [9.17, 15) is 0 Å². The van der Waals surface area contributed by atoms with E-state index in [0.29, 0.717) is 47.3 Å². The molecule has 0 spiro atoms. The normalized spacial score (nSPS) is 9.48. The second kappa shape index (κ2) is 86.5. The van der Waals surface area contributed by atoms with Gasteiger partial charge in [-0.3, -0.25) is 24.9 Å². The fraction of sp³-hybridized carbons (Fsp3) is 0.446. The predicted octanol–water partition coefficient (Wildman–Crippen LogP) is 38.9. The molecule has 0 saturated heterocycles. The minimum absolute atomic E-state index is 0.119. The highest BCUT2D eigenvalue weighted by molar-refractivity contribution is 5.84. The highest BCUT2D eigenvalue weighted by Crippen LogP contribution is 2.25. The van der Waals surface area contributed by atoms with Gasteiger partial charge in [0.1, 0.15) is 5.82 Å². The Labute approximate surface area is 800 Å². The lowest BCUT2D eigenvalue weighted by Gasteiger charge is -2.16. The summed E-state index contributed by atoms with van der Waals surface area (Å²) in [7, 11) is 0. The fourth-order valence-electron chi connectivity index (χ4n) is 10.4. The first-order chi connectivity index (χ1) is 62.5. The van der Waals surface area contributed by atoms with Crippen molar-refractivity contribution in [2.45, 2.75) is 363 Å². The molecule has 0 aliphatic rings. The molecule has 0 fully saturated rings. The molecule has 0 aliphatic carbocycles. The van der Waals surface area contributed by atoms with Gasteiger partial charge in [-0.15, -0.1) is 0 Å². The topological polar surface area (TPSA) is 116 Å². The Kier molecular flexibility index (Phi) is 88.2. The summed E-state index contributed by atoms with van der Waals surface area (Å²) in [4.78, 5) is 29.1. The standard InChI is InChI=1S/2C13H14.2C12H13N.C9H13N.C9H12.C8H12N2.2C8H11N.C7H10N2.11C2H6/c2*1-10(2)12-8-7-11-5-3-4-6-13(11)9-12;1-9(2)11-7-10-5-3-4-6-12(10)13-8-11;1-9(2)12-7-10-5-3-4-6-11(10)8-13-12;1-9(2,3)8-6-4-5-7-10-8;1-8(2)9-6-4-3-5-7-9;1-8(2,3)7-5-4-6-9-10-7;1-7(2)8-3-5-9-6-4-8;1-7(2)8-4-3-5-9-6-8;1-6(2)7-8-4-3-5-9-7;11*1-2/h2*3-10H,1-2H3;2*3-9H,1-2H3;4-7H,1-3H3;3-8H,1-2H3;4-6H,1-3H3;2*3-7H,1-2H3;3-6H,1-2H3;11*1-2H3. The average molecular weight is 1770 g/mol. The molecule has 14 aromatic rings. The maximum Gasteiger partial charge on any atom is 0.130 e. The van der Waals surface area contributed by atoms with Gasteiger partial charge in [0.25, 0.3) is 0 Å². The molecule has 0 atom stereocenters. The molecule has 9 heteroatoms. The third kappa shape index (κ3) is 61.1. The van der Waals surface area contributed by atoms with Gasteiger partial charge in [0.2, 0.25) is 0 Å². The maximum absolute atomic E-state index is 4.41. The van der Waals surface area contributed by atoms with E-state index in [1.807, 2.05) is 268 Å². The number of hydrogen-bond donors (Lipinski definition) is 0. The van der Waals surface area contributed by atoms with Crippen molar-refractivity contribution < 1.29 is 0 Å². The quantitative estimate of drug-likeness (QED) is 0.147. The molecule has 7 heterocycles. The van der Waals surface area contributed by atoms with Gasteiger partial charge in [-0.05, 0) is 168 Å². The second-order valence-corrected chi connectivity index (χ2v) is 31.3. The average Bonchev–Trinajstić information content (AvgIpc) is 0.844. The van der Waals surface area contributed by atoms with Crippen LogP contribution in [0.5, 0.6) is 0 Å². The third-order valence-corrected chi connectivity index (χ3v) is 17.5. The van der Waals surface area contributed by atoms with E-state index in [1.54, 1.807) is 24.8 Å². The molecule has 718 valence electrons. The molecule has 130 heavy (non-hydrogen) atoms. The largest absolute Gasteiger partial charge is 0.265 e. The summed E-state index contributed by atoms with van der Waals surface area (Å²) >= 11 is 0. The van der Waals surface area contributed by atoms with Crippen LogP contribution in [0.1, 0.15) is 408 Å². The van der Waals surface area contributed by atoms with Crippen LogP contribution in [0.4, 0.5) is 0 Å². The van der Waals surface area contributed by atoms with Crippen LogP contribution in [0, 0.1) is 0 Å². The highest BCUT2D eigenvalue weighted by Gasteiger charge is 2.15. The Morgan fingerprint density at radius 2 is 0.554 bits per heavy atom. The fourth-order valence-corrected chi connectivity index (χ4v) is 10.4. The van der Waals surface area contributed by atoms with Crippen molar-refractivity contribution in [2.75, 3.05) is 0 Å². The van der Waals surface area contributed by atoms with Gasteiger partial charge in [-0.1, -0.05) is 475 Å². The summed E-state index contributed by atoms with van der Waals surface area (Å²) in [6.45, 7) is 91.7. The van der Waals surface area contributed by atoms with Gasteiger partial charge in [0, 0.05) is 101 Å². The zero-order chi connectivity index (χ0) is 101. The Bertz CT molecular complexity index is 4150. The first kappa shape index (κ1) is 133. The van der Waals surface area contributed by atoms with Crippen LogP contribution in [0.15, 0.2) is 299 Å². The van der Waals surface area contributed by atoms with Crippen molar-refractivity contribution in [3.63, 3.8) is 0 Å². The van der Waals surface area contributed by atoms with Gasteiger partial charge in [0.15, 0.2) is 0 Å². The summed E-state index contributed by atoms with van der Waals surface area (Å²) in [5.41, 5.74) is 12.9. The van der Waals surface area contributed by atoms with Crippen LogP contribution in [0.25, 0.3) is 43.2 Å². The number of nitrogens with zero attached hydrogens (tertiary/aromatic N) is 9. The van der Waals surface area contributed by atoms with Crippen LogP contribution in [0.3, 0.4) is 0 Å². The zero-order valence-corrected chi connectivity index (χ0v) is 90.9. The van der Waals surface area contributed by atoms with Crippen LogP contribution < -0.4 is 0 Å². The molecular weight excluding hydrogens is 1580 g/mol. The molecule has 0 radical (unpaired) electrons. The molecular formula is C121H189N9. The van der Waals surface area contributed by atoms with E-state index >= 15 is 0 Å². The molecule has 7 aromatic heterocycles. The molecule has 7 aromatic carbocycles. The number of fused-ring (bicyclic) bond motifs is 4. The zero-order valence-electron chi connectivity index (χ0n) is 90.9. The smallest absolute Gasteiger partial charge is 0.130 e. The van der Waals surface area contributed by atoms with Crippen LogP contribution >= 0.6 is 0 Å². The van der Waals surface area contributed by atoms with Gasteiger partial charge in [-0.2, -0.15) is 10.2 Å². The molecule has 0 unspecified atom stereocenters. The van der Waals surface area contributed by atoms with Gasteiger partial charge < -0.3 is 0 Å². The van der Waals surface area contributed by atoms with E-state index in [2.05, 4.69) is 355 Å². The monoisotopic (exact) mass is 1770 g/mol. The predicted molar refractivity (Wildman–Crippen MR) is 590 cm³/mol. The van der Waals surface area contributed by atoms with Crippen LogP contribution in [-0.2, 0) is 10.8 Å². The number of pyridine rings is 5. The van der Waals surface area contributed by atoms with E-state index in [4.69, 9.17) is 0 Å². The Morgan fingerprint density at radius 3 is 0.885 bits per heavy atom. The number of para-hydroxylation sites is 1. The molecule has 0 aliphatic heterocycles. The molecule has 0 amide bonds. The Balaban J connectivity index is -0.000000253. The van der Waals surface area contributed by atoms with Gasteiger partial charge in [-0.25, -0.2) is 9.97 Å². The Morgan fingerprint density at radius 1 is 0.200 bits per heavy atom. The number of hydrogen-bond acceptors (Lipinski definition) is 9. The van der Waals surface area contributed by atoms with Crippen molar-refractivity contribution in [3.8, 4) is 0 Å². The Hall–Kier alpha value is -10.5. The number of aromatic nitrogens is 9. The van der Waals surface area contributed by atoms with Gasteiger partial charge >= 0.3 is 0 Å². The lowest BCUT2D eigenvalue weighted by molar-refractivity contribution is 0.558. The van der Waals surface area contributed by atoms with Gasteiger partial charge in [0.05, 0.1) is 11.2 Å². The van der Waals surface area contributed by atoms with E-state index in [0.717, 1.165) is 22.7 Å². The molecule has 0 N–H and O–H groups in total. The lowest BCUT2D eigenvalue weighted by Crippen LogP contribution is -2.13. The van der Waals surface area contributed by atoms with E-state index in [1.165, 1.54) is 76.8 Å². The van der Waals surface area contributed by atoms with Crippen LogP contribution in [-0.4, -0.2) is 45.1 Å². The SMILES string of the molecule is CC.CC.CC.CC.CC.CC.CC.CC.CC.CC.CC.CC(C)(C)c1ccccn1.CC(C)(C)c1cccnn1.CC(C)c1cc2ccccc2cn1.CC(C)c1ccc2ccccc2c1.CC(C)c1ccc2ccccc2c1.CC(C)c1ccccc1.CC(C)c1cccnc1.CC(C)c1ccncc1.CC(C)c1cnc2ccccc2c1.CC(C)c1ncccn1. The van der Waals surface area contributed by atoms with Crippen molar-refractivity contribution in [3.05, 3.63) is 355 Å². The first-order valence-corrected chi connectivity index (χ1v) is 49.5. The lowest BCUT2D eigenvalue weighted by atomic mass is 9.92.